The maximum absolute atomic E-state index is 13.2. The second-order valence-electron chi connectivity index (χ2n) is 6.07. The fraction of sp³-hybridized carbons (Fsp3) is 0.333. The number of rotatable bonds is 4. The van der Waals surface area contributed by atoms with Crippen molar-refractivity contribution in [1.29, 1.82) is 0 Å². The van der Waals surface area contributed by atoms with Crippen LogP contribution >= 0.6 is 0 Å². The molecule has 0 spiro atoms. The molecule has 0 aliphatic heterocycles. The van der Waals surface area contributed by atoms with Gasteiger partial charge in [-0.15, -0.1) is 0 Å². The molecule has 1 amide bonds. The van der Waals surface area contributed by atoms with Crippen LogP contribution in [0.1, 0.15) is 22.6 Å². The zero-order valence-corrected chi connectivity index (χ0v) is 13.6. The average molecular weight is 346 g/mol. The second-order valence-corrected chi connectivity index (χ2v) is 6.07. The summed E-state index contributed by atoms with van der Waals surface area (Å²) in [6.45, 7) is 1.77. The summed E-state index contributed by atoms with van der Waals surface area (Å²) in [5.41, 5.74) is 0.933. The molecule has 25 heavy (non-hydrogen) atoms. The highest BCUT2D eigenvalue weighted by atomic mass is 19.1. The minimum absolute atomic E-state index is 0.191. The van der Waals surface area contributed by atoms with Gasteiger partial charge >= 0.3 is 0 Å². The molecule has 1 fully saturated rings. The predicted molar refractivity (Wildman–Crippen MR) is 87.7 cm³/mol. The number of nitrogens with one attached hydrogen (secondary N) is 1. The first-order valence-corrected chi connectivity index (χ1v) is 7.97. The Bertz CT molecular complexity index is 770. The third kappa shape index (κ3) is 3.94. The Morgan fingerprint density at radius 3 is 2.72 bits per heavy atom. The number of nitrogens with zero attached hydrogens (tertiary/aromatic N) is 1. The lowest BCUT2D eigenvalue weighted by molar-refractivity contribution is -0.0135. The lowest BCUT2D eigenvalue weighted by Crippen LogP contribution is -2.43. The molecule has 1 aromatic heterocycles. The van der Waals surface area contributed by atoms with Crippen LogP contribution in [0.3, 0.4) is 0 Å². The summed E-state index contributed by atoms with van der Waals surface area (Å²) in [5, 5.41) is 23.0. The number of carbonyl (C=O) groups excluding carboxylic acids is 1. The van der Waals surface area contributed by atoms with Crippen molar-refractivity contribution in [1.82, 2.24) is 10.3 Å². The molecule has 6 nitrogen and oxygen atoms in total. The monoisotopic (exact) mass is 346 g/mol. The minimum Gasteiger partial charge on any atom is -0.487 e. The number of aliphatic hydroxyl groups is 2. The number of aryl methyl sites for hydroxylation is 1. The van der Waals surface area contributed by atoms with Crippen LogP contribution in [-0.4, -0.2) is 45.5 Å². The normalized spacial score (nSPS) is 25.6. The Morgan fingerprint density at radius 2 is 2.00 bits per heavy atom. The van der Waals surface area contributed by atoms with Gasteiger partial charge in [0.2, 0.25) is 0 Å². The molecule has 1 saturated carbocycles. The molecule has 0 radical (unpaired) electrons. The molecule has 3 rings (SSSR count). The summed E-state index contributed by atoms with van der Waals surface area (Å²) < 4.78 is 18.8. The van der Waals surface area contributed by atoms with Crippen molar-refractivity contribution in [3.8, 4) is 5.75 Å². The van der Waals surface area contributed by atoms with E-state index < -0.39 is 36.1 Å². The molecule has 0 unspecified atom stereocenters. The average Bonchev–Trinajstić information content (AvgIpc) is 2.83. The number of pyridine rings is 1. The lowest BCUT2D eigenvalue weighted by Gasteiger charge is -2.18. The van der Waals surface area contributed by atoms with Crippen molar-refractivity contribution in [3.63, 3.8) is 0 Å². The van der Waals surface area contributed by atoms with Gasteiger partial charge in [-0.1, -0.05) is 12.1 Å². The van der Waals surface area contributed by atoms with Gasteiger partial charge in [-0.25, -0.2) is 9.37 Å². The number of aromatic nitrogens is 1. The second kappa shape index (κ2) is 7.16. The Labute approximate surface area is 144 Å². The van der Waals surface area contributed by atoms with Crippen molar-refractivity contribution < 1.29 is 24.1 Å². The zero-order valence-electron chi connectivity index (χ0n) is 13.6. The molecule has 0 bridgehead atoms. The lowest BCUT2D eigenvalue weighted by atomic mass is 10.2. The van der Waals surface area contributed by atoms with Gasteiger partial charge in [-0.05, 0) is 31.2 Å². The maximum Gasteiger partial charge on any atom is 0.270 e. The van der Waals surface area contributed by atoms with Gasteiger partial charge in [0.05, 0.1) is 6.04 Å². The van der Waals surface area contributed by atoms with Crippen LogP contribution in [0.5, 0.6) is 5.75 Å². The molecule has 7 heteroatoms. The van der Waals surface area contributed by atoms with Crippen LogP contribution in [0.2, 0.25) is 0 Å². The first-order valence-electron chi connectivity index (χ1n) is 7.97. The highest BCUT2D eigenvalue weighted by Crippen LogP contribution is 2.26. The molecule has 0 saturated heterocycles. The van der Waals surface area contributed by atoms with Gasteiger partial charge in [0.15, 0.2) is 0 Å². The predicted octanol–water partition coefficient (Wildman–Crippen LogP) is 1.20. The molecule has 1 heterocycles. The van der Waals surface area contributed by atoms with Crippen LogP contribution in [0.15, 0.2) is 42.5 Å². The van der Waals surface area contributed by atoms with Crippen molar-refractivity contribution in [3.05, 3.63) is 59.7 Å². The van der Waals surface area contributed by atoms with Crippen LogP contribution in [0.4, 0.5) is 4.39 Å². The SMILES string of the molecule is Cc1cccc(C(=O)N[C@@H]2C[C@@H](Oc3cccc(F)c3)[C@H](O)[C@H]2O)n1. The van der Waals surface area contributed by atoms with Gasteiger partial charge < -0.3 is 20.3 Å². The van der Waals surface area contributed by atoms with E-state index in [4.69, 9.17) is 4.74 Å². The summed E-state index contributed by atoms with van der Waals surface area (Å²) in [5.74, 6) is -0.643. The number of amides is 1. The van der Waals surface area contributed by atoms with Crippen molar-refractivity contribution in [2.75, 3.05) is 0 Å². The smallest absolute Gasteiger partial charge is 0.270 e. The van der Waals surface area contributed by atoms with E-state index in [0.717, 1.165) is 0 Å². The van der Waals surface area contributed by atoms with Gasteiger partial charge in [0.25, 0.3) is 5.91 Å². The molecule has 132 valence electrons. The van der Waals surface area contributed by atoms with Crippen molar-refractivity contribution in [2.45, 2.75) is 37.7 Å². The standard InChI is InChI=1S/C18H19FN2O4/c1-10-4-2-7-13(20-10)18(24)21-14-9-15(17(23)16(14)22)25-12-6-3-5-11(19)8-12/h2-8,14-17,22-23H,9H2,1H3,(H,21,24)/t14-,15-,16+,17+/m1/s1. The molecule has 2 aromatic rings. The highest BCUT2D eigenvalue weighted by molar-refractivity contribution is 5.92. The van der Waals surface area contributed by atoms with E-state index >= 15 is 0 Å². The largest absolute Gasteiger partial charge is 0.487 e. The van der Waals surface area contributed by atoms with Crippen LogP contribution < -0.4 is 10.1 Å². The number of hydrogen-bond donors (Lipinski definition) is 3. The summed E-state index contributed by atoms with van der Waals surface area (Å²) >= 11 is 0. The Balaban J connectivity index is 1.66. The van der Waals surface area contributed by atoms with Gasteiger partial charge in [0, 0.05) is 18.2 Å². The quantitative estimate of drug-likeness (QED) is 0.774. The Morgan fingerprint density at radius 1 is 1.24 bits per heavy atom. The number of hydrogen-bond acceptors (Lipinski definition) is 5. The number of ether oxygens (including phenoxy) is 1. The summed E-state index contributed by atoms with van der Waals surface area (Å²) in [6, 6.07) is 9.90. The Kier molecular flexibility index (Phi) is 4.96. The molecule has 1 aliphatic rings. The molecule has 1 aliphatic carbocycles. The third-order valence-electron chi connectivity index (χ3n) is 4.15. The van der Waals surface area contributed by atoms with Crippen LogP contribution in [0, 0.1) is 12.7 Å². The number of carbonyl (C=O) groups is 1. The maximum atomic E-state index is 13.2. The van der Waals surface area contributed by atoms with Crippen molar-refractivity contribution in [2.24, 2.45) is 0 Å². The summed E-state index contributed by atoms with van der Waals surface area (Å²) in [6.07, 6.45) is -2.95. The minimum atomic E-state index is -1.20. The van der Waals surface area contributed by atoms with Crippen LogP contribution in [-0.2, 0) is 0 Å². The number of benzene rings is 1. The first-order chi connectivity index (χ1) is 11.9. The van der Waals surface area contributed by atoms with E-state index in [-0.39, 0.29) is 17.9 Å². The Hall–Kier alpha value is -2.51. The fourth-order valence-corrected chi connectivity index (χ4v) is 2.88. The molecular weight excluding hydrogens is 327 g/mol. The topological polar surface area (TPSA) is 91.7 Å². The molecule has 1 aromatic carbocycles. The van der Waals surface area contributed by atoms with E-state index in [1.165, 1.54) is 18.2 Å². The third-order valence-corrected chi connectivity index (χ3v) is 4.15. The van der Waals surface area contributed by atoms with Gasteiger partial charge in [0.1, 0.15) is 35.6 Å². The van der Waals surface area contributed by atoms with E-state index in [2.05, 4.69) is 10.3 Å². The fourth-order valence-electron chi connectivity index (χ4n) is 2.88. The number of halogens is 1. The number of aliphatic hydroxyl groups excluding tert-OH is 2. The van der Waals surface area contributed by atoms with Gasteiger partial charge in [-0.3, -0.25) is 4.79 Å². The molecular formula is C18H19FN2O4. The molecule has 3 N–H and O–H groups in total. The zero-order chi connectivity index (χ0) is 18.0. The first kappa shape index (κ1) is 17.3. The highest BCUT2D eigenvalue weighted by Gasteiger charge is 2.43. The molecule has 4 atom stereocenters. The summed E-state index contributed by atoms with van der Waals surface area (Å²) in [7, 11) is 0. The van der Waals surface area contributed by atoms with E-state index in [9.17, 15) is 19.4 Å². The van der Waals surface area contributed by atoms with E-state index in [1.807, 2.05) is 0 Å². The summed E-state index contributed by atoms with van der Waals surface area (Å²) in [4.78, 5) is 16.4. The van der Waals surface area contributed by atoms with E-state index in [0.29, 0.717) is 5.69 Å². The van der Waals surface area contributed by atoms with Crippen LogP contribution in [0.25, 0.3) is 0 Å². The van der Waals surface area contributed by atoms with Gasteiger partial charge in [-0.2, -0.15) is 0 Å². The van der Waals surface area contributed by atoms with E-state index in [1.54, 1.807) is 31.2 Å². The van der Waals surface area contributed by atoms with Crippen molar-refractivity contribution >= 4 is 5.91 Å².